The minimum Gasteiger partial charge on any atom is -0.452 e. The zero-order valence-corrected chi connectivity index (χ0v) is 14.8. The highest BCUT2D eigenvalue weighted by Gasteiger charge is 2.17. The molecule has 6 heteroatoms. The number of carbonyl (C=O) groups is 2. The summed E-state index contributed by atoms with van der Waals surface area (Å²) in [6, 6.07) is 8.52. The zero-order chi connectivity index (χ0) is 17.6. The number of amides is 1. The fraction of sp³-hybridized carbons (Fsp3) is 0.421. The van der Waals surface area contributed by atoms with E-state index in [1.807, 2.05) is 0 Å². The summed E-state index contributed by atoms with van der Waals surface area (Å²) in [5.41, 5.74) is 1.11. The number of carbonyl (C=O) groups excluding carboxylic acids is 2. The largest absolute Gasteiger partial charge is 0.452 e. The number of esters is 1. The average molecular weight is 361 g/mol. The van der Waals surface area contributed by atoms with Gasteiger partial charge in [-0.15, -0.1) is 0 Å². The molecule has 0 atom stereocenters. The van der Waals surface area contributed by atoms with Crippen LogP contribution < -0.4 is 0 Å². The Balaban J connectivity index is 1.59. The third-order valence-electron chi connectivity index (χ3n) is 4.43. The summed E-state index contributed by atoms with van der Waals surface area (Å²) < 4.78 is 5.21. The smallest absolute Gasteiger partial charge is 0.338 e. The first-order valence-corrected chi connectivity index (χ1v) is 9.02. The zero-order valence-electron chi connectivity index (χ0n) is 14.0. The van der Waals surface area contributed by atoms with Gasteiger partial charge >= 0.3 is 5.97 Å². The van der Waals surface area contributed by atoms with E-state index in [1.54, 1.807) is 35.2 Å². The Kier molecular flexibility index (Phi) is 5.87. The monoisotopic (exact) mass is 360 g/mol. The van der Waals surface area contributed by atoms with Crippen LogP contribution in [0.3, 0.4) is 0 Å². The summed E-state index contributed by atoms with van der Waals surface area (Å²) in [6.45, 7) is 1.29. The van der Waals surface area contributed by atoms with Gasteiger partial charge in [-0.05, 0) is 43.2 Å². The summed E-state index contributed by atoms with van der Waals surface area (Å²) in [5.74, 6) is -0.623. The van der Waals surface area contributed by atoms with Crippen LogP contribution in [0.4, 0.5) is 0 Å². The highest BCUT2D eigenvalue weighted by Crippen LogP contribution is 2.18. The second-order valence-electron chi connectivity index (χ2n) is 6.27. The number of nitrogens with zero attached hydrogens (tertiary/aromatic N) is 2. The molecular weight excluding hydrogens is 340 g/mol. The number of benzene rings is 1. The van der Waals surface area contributed by atoms with Crippen LogP contribution in [0.25, 0.3) is 10.9 Å². The van der Waals surface area contributed by atoms with E-state index in [0.717, 1.165) is 44.2 Å². The van der Waals surface area contributed by atoms with Crippen molar-refractivity contribution in [2.75, 3.05) is 19.7 Å². The van der Waals surface area contributed by atoms with E-state index in [-0.39, 0.29) is 12.5 Å². The molecule has 1 amide bonds. The minimum atomic E-state index is -0.503. The van der Waals surface area contributed by atoms with Gasteiger partial charge in [0, 0.05) is 18.5 Å². The molecule has 0 saturated carbocycles. The Labute approximate surface area is 151 Å². The topological polar surface area (TPSA) is 59.5 Å². The molecule has 25 heavy (non-hydrogen) atoms. The molecule has 1 aliphatic heterocycles. The number of rotatable bonds is 3. The summed E-state index contributed by atoms with van der Waals surface area (Å²) in [6.07, 6.45) is 5.57. The molecule has 132 valence electrons. The molecule has 0 spiro atoms. The first kappa shape index (κ1) is 17.7. The highest BCUT2D eigenvalue weighted by molar-refractivity contribution is 6.29. The quantitative estimate of drug-likeness (QED) is 0.616. The highest BCUT2D eigenvalue weighted by atomic mass is 35.5. The number of fused-ring (bicyclic) bond motifs is 1. The lowest BCUT2D eigenvalue weighted by Crippen LogP contribution is -2.36. The maximum absolute atomic E-state index is 12.3. The van der Waals surface area contributed by atoms with Crippen LogP contribution in [0.15, 0.2) is 30.3 Å². The summed E-state index contributed by atoms with van der Waals surface area (Å²) >= 11 is 5.86. The lowest BCUT2D eigenvalue weighted by Gasteiger charge is -2.24. The van der Waals surface area contributed by atoms with Gasteiger partial charge in [-0.1, -0.05) is 30.9 Å². The average Bonchev–Trinajstić information content (AvgIpc) is 2.58. The Hall–Kier alpha value is -2.14. The van der Waals surface area contributed by atoms with Crippen LogP contribution in [-0.2, 0) is 9.53 Å². The second kappa shape index (κ2) is 8.30. The van der Waals surface area contributed by atoms with Crippen molar-refractivity contribution >= 4 is 34.4 Å². The molecular formula is C19H21ClN2O3. The van der Waals surface area contributed by atoms with Crippen molar-refractivity contribution < 1.29 is 14.3 Å². The van der Waals surface area contributed by atoms with Crippen molar-refractivity contribution in [3.63, 3.8) is 0 Å². The molecule has 2 aromatic rings. The normalized spacial score (nSPS) is 15.5. The van der Waals surface area contributed by atoms with E-state index in [0.29, 0.717) is 16.2 Å². The fourth-order valence-electron chi connectivity index (χ4n) is 3.03. The Morgan fingerprint density at radius 2 is 1.76 bits per heavy atom. The second-order valence-corrected chi connectivity index (χ2v) is 6.65. The minimum absolute atomic E-state index is 0.121. The maximum atomic E-state index is 12.3. The summed E-state index contributed by atoms with van der Waals surface area (Å²) in [4.78, 5) is 30.5. The van der Waals surface area contributed by atoms with Crippen LogP contribution in [0, 0.1) is 0 Å². The molecule has 5 nitrogen and oxygen atoms in total. The molecule has 1 aromatic heterocycles. The molecule has 3 rings (SSSR count). The van der Waals surface area contributed by atoms with Crippen molar-refractivity contribution in [2.45, 2.75) is 32.1 Å². The van der Waals surface area contributed by atoms with Gasteiger partial charge in [0.2, 0.25) is 0 Å². The Morgan fingerprint density at radius 3 is 2.52 bits per heavy atom. The fourth-order valence-corrected chi connectivity index (χ4v) is 3.18. The van der Waals surface area contributed by atoms with Crippen LogP contribution >= 0.6 is 11.6 Å². The first-order valence-electron chi connectivity index (χ1n) is 8.65. The van der Waals surface area contributed by atoms with E-state index in [2.05, 4.69) is 4.98 Å². The van der Waals surface area contributed by atoms with Crippen LogP contribution in [0.5, 0.6) is 0 Å². The van der Waals surface area contributed by atoms with Gasteiger partial charge in [-0.3, -0.25) is 4.79 Å². The summed E-state index contributed by atoms with van der Waals surface area (Å²) in [7, 11) is 0. The van der Waals surface area contributed by atoms with Gasteiger partial charge in [-0.25, -0.2) is 9.78 Å². The maximum Gasteiger partial charge on any atom is 0.338 e. The SMILES string of the molecule is O=C(OCC(=O)N1CCCCCCC1)c1ccc2nc(Cl)ccc2c1. The third-order valence-corrected chi connectivity index (χ3v) is 4.64. The standard InChI is InChI=1S/C19H21ClN2O3/c20-17-9-7-14-12-15(6-8-16(14)21-17)19(24)25-13-18(23)22-10-4-2-1-3-5-11-22/h6-9,12H,1-5,10-11,13H2. The van der Waals surface area contributed by atoms with Crippen LogP contribution in [0.1, 0.15) is 42.5 Å². The molecule has 2 heterocycles. The molecule has 1 aliphatic rings. The van der Waals surface area contributed by atoms with Gasteiger partial charge in [0.1, 0.15) is 5.15 Å². The lowest BCUT2D eigenvalue weighted by atomic mass is 10.1. The van der Waals surface area contributed by atoms with Crippen molar-refractivity contribution in [3.8, 4) is 0 Å². The first-order chi connectivity index (χ1) is 12.1. The van der Waals surface area contributed by atoms with E-state index < -0.39 is 5.97 Å². The molecule has 1 fully saturated rings. The molecule has 0 bridgehead atoms. The predicted molar refractivity (Wildman–Crippen MR) is 96.7 cm³/mol. The van der Waals surface area contributed by atoms with E-state index >= 15 is 0 Å². The van der Waals surface area contributed by atoms with Gasteiger partial charge in [0.25, 0.3) is 5.91 Å². The van der Waals surface area contributed by atoms with Crippen LogP contribution in [-0.4, -0.2) is 41.5 Å². The number of hydrogen-bond acceptors (Lipinski definition) is 4. The van der Waals surface area contributed by atoms with Crippen molar-refractivity contribution in [3.05, 3.63) is 41.0 Å². The molecule has 1 aromatic carbocycles. The number of ether oxygens (including phenoxy) is 1. The van der Waals surface area contributed by atoms with E-state index in [4.69, 9.17) is 16.3 Å². The Bertz CT molecular complexity index is 770. The summed E-state index contributed by atoms with van der Waals surface area (Å²) in [5, 5.41) is 1.20. The Morgan fingerprint density at radius 1 is 1.04 bits per heavy atom. The molecule has 1 saturated heterocycles. The van der Waals surface area contributed by atoms with Crippen LogP contribution in [0.2, 0.25) is 5.15 Å². The number of pyridine rings is 1. The molecule has 0 N–H and O–H groups in total. The molecule has 0 aliphatic carbocycles. The van der Waals surface area contributed by atoms with Crippen molar-refractivity contribution in [2.24, 2.45) is 0 Å². The van der Waals surface area contributed by atoms with Gasteiger partial charge in [0.15, 0.2) is 6.61 Å². The number of aromatic nitrogens is 1. The number of hydrogen-bond donors (Lipinski definition) is 0. The number of halogens is 1. The van der Waals surface area contributed by atoms with E-state index in [1.165, 1.54) is 6.42 Å². The van der Waals surface area contributed by atoms with Crippen molar-refractivity contribution in [1.29, 1.82) is 0 Å². The molecule has 0 unspecified atom stereocenters. The third kappa shape index (κ3) is 4.69. The van der Waals surface area contributed by atoms with Gasteiger partial charge in [0.05, 0.1) is 11.1 Å². The number of likely N-dealkylation sites (tertiary alicyclic amines) is 1. The molecule has 0 radical (unpaired) electrons. The van der Waals surface area contributed by atoms with E-state index in [9.17, 15) is 9.59 Å². The van der Waals surface area contributed by atoms with Gasteiger partial charge in [-0.2, -0.15) is 0 Å². The lowest BCUT2D eigenvalue weighted by molar-refractivity contribution is -0.134. The van der Waals surface area contributed by atoms with Crippen molar-refractivity contribution in [1.82, 2.24) is 9.88 Å². The predicted octanol–water partition coefficient (Wildman–Crippen LogP) is 3.84. The van der Waals surface area contributed by atoms with Gasteiger partial charge < -0.3 is 9.64 Å².